The van der Waals surface area contributed by atoms with Gasteiger partial charge in [0, 0.05) is 4.88 Å². The maximum Gasteiger partial charge on any atom is 0.329 e. The van der Waals surface area contributed by atoms with Gasteiger partial charge in [0.25, 0.3) is 0 Å². The van der Waals surface area contributed by atoms with Gasteiger partial charge >= 0.3 is 6.03 Å². The molecule has 2 amide bonds. The summed E-state index contributed by atoms with van der Waals surface area (Å²) in [7, 11) is 0. The maximum atomic E-state index is 11.0. The van der Waals surface area contributed by atoms with Crippen molar-refractivity contribution in [3.63, 3.8) is 0 Å². The second-order valence-corrected chi connectivity index (χ2v) is 4.26. The van der Waals surface area contributed by atoms with Crippen molar-refractivity contribution in [3.8, 4) is 0 Å². The Morgan fingerprint density at radius 2 is 2.21 bits per heavy atom. The number of hydrogen-bond acceptors (Lipinski definition) is 4. The molecule has 0 saturated carbocycles. The summed E-state index contributed by atoms with van der Waals surface area (Å²) >= 11 is 1.58. The van der Waals surface area contributed by atoms with Crippen LogP contribution in [0.15, 0.2) is 0 Å². The minimum absolute atomic E-state index is 0.0650. The summed E-state index contributed by atoms with van der Waals surface area (Å²) in [4.78, 5) is 16.3. The third-order valence-corrected chi connectivity index (χ3v) is 3.07. The third-order valence-electron chi connectivity index (χ3n) is 1.81. The van der Waals surface area contributed by atoms with Crippen LogP contribution in [0.1, 0.15) is 28.5 Å². The first-order valence-corrected chi connectivity index (χ1v) is 5.07. The van der Waals surface area contributed by atoms with Crippen molar-refractivity contribution in [2.24, 2.45) is 5.84 Å². The van der Waals surface area contributed by atoms with Crippen molar-refractivity contribution >= 4 is 17.4 Å². The number of urea groups is 1. The van der Waals surface area contributed by atoms with Crippen LogP contribution in [0.3, 0.4) is 0 Å². The lowest BCUT2D eigenvalue weighted by Gasteiger charge is -2.11. The van der Waals surface area contributed by atoms with Crippen LogP contribution in [-0.2, 0) is 0 Å². The van der Waals surface area contributed by atoms with Crippen LogP contribution in [0.25, 0.3) is 0 Å². The molecule has 0 spiro atoms. The van der Waals surface area contributed by atoms with Crippen LogP contribution < -0.4 is 16.6 Å². The number of nitrogens with one attached hydrogen (secondary N) is 2. The Bertz CT molecular complexity index is 336. The van der Waals surface area contributed by atoms with E-state index in [2.05, 4.69) is 10.3 Å². The highest BCUT2D eigenvalue weighted by Crippen LogP contribution is 2.23. The van der Waals surface area contributed by atoms with Crippen molar-refractivity contribution in [3.05, 3.63) is 15.6 Å². The molecule has 0 fully saturated rings. The Balaban J connectivity index is 2.73. The molecule has 1 unspecified atom stereocenters. The van der Waals surface area contributed by atoms with Crippen LogP contribution in [-0.4, -0.2) is 11.0 Å². The van der Waals surface area contributed by atoms with Gasteiger partial charge in [0.1, 0.15) is 0 Å². The molecule has 4 N–H and O–H groups in total. The molecule has 0 aliphatic rings. The average Bonchev–Trinajstić information content (AvgIpc) is 2.45. The van der Waals surface area contributed by atoms with E-state index < -0.39 is 0 Å². The number of aromatic nitrogens is 1. The molecular formula is C8H14N4OS. The van der Waals surface area contributed by atoms with Gasteiger partial charge in [-0.1, -0.05) is 0 Å². The van der Waals surface area contributed by atoms with Crippen LogP contribution >= 0.6 is 11.3 Å². The minimum Gasteiger partial charge on any atom is -0.330 e. The number of rotatable bonds is 2. The Labute approximate surface area is 86.7 Å². The summed E-state index contributed by atoms with van der Waals surface area (Å²) in [6.07, 6.45) is 0. The van der Waals surface area contributed by atoms with Gasteiger partial charge < -0.3 is 5.32 Å². The van der Waals surface area contributed by atoms with Crippen LogP contribution in [0.2, 0.25) is 0 Å². The maximum absolute atomic E-state index is 11.0. The summed E-state index contributed by atoms with van der Waals surface area (Å²) < 4.78 is 0. The van der Waals surface area contributed by atoms with Crippen molar-refractivity contribution < 1.29 is 4.79 Å². The number of carbonyl (C=O) groups excluding carboxylic acids is 1. The second-order valence-electron chi connectivity index (χ2n) is 3.02. The lowest BCUT2D eigenvalue weighted by atomic mass is 10.2. The van der Waals surface area contributed by atoms with E-state index in [9.17, 15) is 4.79 Å². The van der Waals surface area contributed by atoms with Crippen molar-refractivity contribution in [2.45, 2.75) is 26.8 Å². The zero-order valence-corrected chi connectivity index (χ0v) is 9.23. The fraction of sp³-hybridized carbons (Fsp3) is 0.500. The molecule has 14 heavy (non-hydrogen) atoms. The highest BCUT2D eigenvalue weighted by molar-refractivity contribution is 7.11. The zero-order chi connectivity index (χ0) is 10.7. The topological polar surface area (TPSA) is 80.0 Å². The molecule has 1 atom stereocenters. The molecule has 0 bridgehead atoms. The van der Waals surface area contributed by atoms with E-state index in [0.717, 1.165) is 15.6 Å². The third kappa shape index (κ3) is 2.43. The van der Waals surface area contributed by atoms with E-state index in [1.807, 2.05) is 26.2 Å². The lowest BCUT2D eigenvalue weighted by Crippen LogP contribution is -2.40. The highest BCUT2D eigenvalue weighted by Gasteiger charge is 2.14. The van der Waals surface area contributed by atoms with Gasteiger partial charge in [-0.3, -0.25) is 5.43 Å². The molecule has 6 heteroatoms. The number of amides is 2. The summed E-state index contributed by atoms with van der Waals surface area (Å²) in [6, 6.07) is -0.451. The van der Waals surface area contributed by atoms with Crippen molar-refractivity contribution in [2.75, 3.05) is 0 Å². The van der Waals surface area contributed by atoms with Gasteiger partial charge in [-0.05, 0) is 20.8 Å². The first-order chi connectivity index (χ1) is 6.54. The predicted octanol–water partition coefficient (Wildman–Crippen LogP) is 0.994. The van der Waals surface area contributed by atoms with E-state index in [1.54, 1.807) is 11.3 Å². The first kappa shape index (κ1) is 10.9. The fourth-order valence-electron chi connectivity index (χ4n) is 1.25. The van der Waals surface area contributed by atoms with Crippen molar-refractivity contribution in [1.82, 2.24) is 15.7 Å². The molecule has 0 aliphatic carbocycles. The van der Waals surface area contributed by atoms with Gasteiger partial charge in [0.05, 0.1) is 16.7 Å². The van der Waals surface area contributed by atoms with E-state index in [1.165, 1.54) is 0 Å². The van der Waals surface area contributed by atoms with E-state index in [4.69, 9.17) is 5.84 Å². The predicted molar refractivity (Wildman–Crippen MR) is 55.9 cm³/mol. The first-order valence-electron chi connectivity index (χ1n) is 4.25. The molecule has 1 heterocycles. The lowest BCUT2D eigenvalue weighted by molar-refractivity contribution is 0.238. The molecule has 1 aromatic rings. The van der Waals surface area contributed by atoms with Gasteiger partial charge in [-0.25, -0.2) is 15.6 Å². The number of hydrazine groups is 1. The Morgan fingerprint density at radius 1 is 1.57 bits per heavy atom. The number of carbonyl (C=O) groups is 1. The number of nitrogens with zero attached hydrogens (tertiary/aromatic N) is 1. The largest absolute Gasteiger partial charge is 0.330 e. The van der Waals surface area contributed by atoms with E-state index >= 15 is 0 Å². The van der Waals surface area contributed by atoms with Gasteiger partial charge in [0.15, 0.2) is 0 Å². The Hall–Kier alpha value is -1.14. The minimum atomic E-state index is -0.386. The average molecular weight is 214 g/mol. The summed E-state index contributed by atoms with van der Waals surface area (Å²) in [5.41, 5.74) is 2.98. The number of hydrogen-bond donors (Lipinski definition) is 3. The second kappa shape index (κ2) is 4.39. The SMILES string of the molecule is Cc1nc(C)c(C(C)NC(=O)NN)s1. The normalized spacial score (nSPS) is 12.3. The molecule has 1 aromatic heterocycles. The molecule has 0 radical (unpaired) electrons. The number of nitrogens with two attached hydrogens (primary N) is 1. The van der Waals surface area contributed by atoms with Gasteiger partial charge in [-0.15, -0.1) is 11.3 Å². The quantitative estimate of drug-likeness (QED) is 0.390. The van der Waals surface area contributed by atoms with Gasteiger partial charge in [-0.2, -0.15) is 0 Å². The molecule has 78 valence electrons. The van der Waals surface area contributed by atoms with E-state index in [0.29, 0.717) is 0 Å². The molecule has 0 saturated heterocycles. The standard InChI is InChI=1S/C8H14N4OS/c1-4-7(14-6(3)10-4)5(2)11-8(13)12-9/h5H,9H2,1-3H3,(H2,11,12,13). The monoisotopic (exact) mass is 214 g/mol. The summed E-state index contributed by atoms with van der Waals surface area (Å²) in [6.45, 7) is 5.77. The van der Waals surface area contributed by atoms with Crippen LogP contribution in [0.5, 0.6) is 0 Å². The Kier molecular flexibility index (Phi) is 3.43. The fourth-order valence-corrected chi connectivity index (χ4v) is 2.18. The van der Waals surface area contributed by atoms with Gasteiger partial charge in [0.2, 0.25) is 0 Å². The molecule has 0 aromatic carbocycles. The smallest absolute Gasteiger partial charge is 0.329 e. The van der Waals surface area contributed by atoms with Crippen molar-refractivity contribution in [1.29, 1.82) is 0 Å². The summed E-state index contributed by atoms with van der Waals surface area (Å²) in [5.74, 6) is 4.97. The van der Waals surface area contributed by atoms with E-state index in [-0.39, 0.29) is 12.1 Å². The van der Waals surface area contributed by atoms with Crippen LogP contribution in [0.4, 0.5) is 4.79 Å². The Morgan fingerprint density at radius 3 is 2.64 bits per heavy atom. The highest BCUT2D eigenvalue weighted by atomic mass is 32.1. The number of aryl methyl sites for hydroxylation is 2. The zero-order valence-electron chi connectivity index (χ0n) is 8.42. The molecular weight excluding hydrogens is 200 g/mol. The molecule has 0 aliphatic heterocycles. The molecule has 5 nitrogen and oxygen atoms in total. The van der Waals surface area contributed by atoms with Crippen LogP contribution in [0, 0.1) is 13.8 Å². The summed E-state index contributed by atoms with van der Waals surface area (Å²) in [5, 5.41) is 3.69. The number of thiazole rings is 1. The molecule has 1 rings (SSSR count).